The molecule has 0 atom stereocenters. The molecule has 1 rings (SSSR count). The van der Waals surface area contributed by atoms with E-state index in [0.29, 0.717) is 31.4 Å². The van der Waals surface area contributed by atoms with Gasteiger partial charge in [-0.1, -0.05) is 0 Å². The van der Waals surface area contributed by atoms with Gasteiger partial charge in [-0.25, -0.2) is 0 Å². The predicted octanol–water partition coefficient (Wildman–Crippen LogP) is 0.957. The maximum Gasteiger partial charge on any atom is 0.305 e. The van der Waals surface area contributed by atoms with E-state index in [1.807, 2.05) is 6.92 Å². The predicted molar refractivity (Wildman–Crippen MR) is 53.6 cm³/mol. The van der Waals surface area contributed by atoms with Gasteiger partial charge in [0.2, 0.25) is 0 Å². The van der Waals surface area contributed by atoms with E-state index in [9.17, 15) is 9.59 Å². The Morgan fingerprint density at radius 3 is 2.93 bits per heavy atom. The largest absolute Gasteiger partial charge is 0.469 e. The van der Waals surface area contributed by atoms with E-state index in [1.165, 1.54) is 7.11 Å². The monoisotopic (exact) mass is 210 g/mol. The molecule has 1 aromatic rings. The Balaban J connectivity index is 2.46. The number of nitrogens with zero attached hydrogens (tertiary/aromatic N) is 2. The maximum atomic E-state index is 10.8. The first-order valence-electron chi connectivity index (χ1n) is 4.74. The third kappa shape index (κ3) is 3.19. The number of aldehydes is 1. The average molecular weight is 210 g/mol. The first-order chi connectivity index (χ1) is 7.17. The van der Waals surface area contributed by atoms with Gasteiger partial charge in [0, 0.05) is 18.7 Å². The van der Waals surface area contributed by atoms with Crippen LogP contribution in [0, 0.1) is 6.92 Å². The Kier molecular flexibility index (Phi) is 4.03. The highest BCUT2D eigenvalue weighted by molar-refractivity contribution is 5.71. The lowest BCUT2D eigenvalue weighted by Gasteiger charge is -2.02. The highest BCUT2D eigenvalue weighted by Crippen LogP contribution is 2.03. The Hall–Kier alpha value is -1.65. The van der Waals surface area contributed by atoms with Gasteiger partial charge in [-0.2, -0.15) is 5.10 Å². The van der Waals surface area contributed by atoms with Crippen molar-refractivity contribution in [2.45, 2.75) is 26.3 Å². The molecular weight excluding hydrogens is 196 g/mol. The van der Waals surface area contributed by atoms with Crippen LogP contribution >= 0.6 is 0 Å². The van der Waals surface area contributed by atoms with E-state index in [1.54, 1.807) is 10.7 Å². The molecule has 1 aromatic heterocycles. The molecule has 0 radical (unpaired) electrons. The van der Waals surface area contributed by atoms with Crippen molar-refractivity contribution < 1.29 is 14.3 Å². The van der Waals surface area contributed by atoms with Crippen LogP contribution in [0.1, 0.15) is 29.0 Å². The molecule has 0 bridgehead atoms. The fourth-order valence-corrected chi connectivity index (χ4v) is 1.29. The normalized spacial score (nSPS) is 10.0. The lowest BCUT2D eigenvalue weighted by molar-refractivity contribution is -0.140. The van der Waals surface area contributed by atoms with Crippen LogP contribution in [-0.4, -0.2) is 29.1 Å². The van der Waals surface area contributed by atoms with E-state index in [0.717, 1.165) is 5.69 Å². The van der Waals surface area contributed by atoms with Gasteiger partial charge in [0.25, 0.3) is 0 Å². The Morgan fingerprint density at radius 1 is 1.67 bits per heavy atom. The van der Waals surface area contributed by atoms with Crippen LogP contribution in [0.15, 0.2) is 6.07 Å². The van der Waals surface area contributed by atoms with Crippen molar-refractivity contribution in [3.63, 3.8) is 0 Å². The molecule has 0 aliphatic carbocycles. The first kappa shape index (κ1) is 11.4. The molecule has 0 saturated carbocycles. The molecule has 0 aliphatic rings. The highest BCUT2D eigenvalue weighted by atomic mass is 16.5. The zero-order valence-corrected chi connectivity index (χ0v) is 8.90. The number of hydrogen-bond donors (Lipinski definition) is 0. The Labute approximate surface area is 88.0 Å². The van der Waals surface area contributed by atoms with Gasteiger partial charge < -0.3 is 4.74 Å². The van der Waals surface area contributed by atoms with Crippen molar-refractivity contribution >= 4 is 12.3 Å². The summed E-state index contributed by atoms with van der Waals surface area (Å²) in [5, 5.41) is 4.05. The minimum absolute atomic E-state index is 0.226. The molecule has 0 aliphatic heterocycles. The van der Waals surface area contributed by atoms with Crippen molar-refractivity contribution in [1.29, 1.82) is 0 Å². The van der Waals surface area contributed by atoms with Gasteiger partial charge in [-0.15, -0.1) is 0 Å². The fourth-order valence-electron chi connectivity index (χ4n) is 1.29. The molecule has 0 saturated heterocycles. The second kappa shape index (κ2) is 5.29. The quantitative estimate of drug-likeness (QED) is 0.536. The molecule has 0 spiro atoms. The van der Waals surface area contributed by atoms with Crippen LogP contribution < -0.4 is 0 Å². The minimum Gasteiger partial charge on any atom is -0.469 e. The third-order valence-electron chi connectivity index (χ3n) is 2.10. The summed E-state index contributed by atoms with van der Waals surface area (Å²) in [6, 6.07) is 1.71. The van der Waals surface area contributed by atoms with Crippen molar-refractivity contribution in [2.75, 3.05) is 7.11 Å². The maximum absolute atomic E-state index is 10.8. The molecular formula is C10H14N2O3. The summed E-state index contributed by atoms with van der Waals surface area (Å²) in [5.74, 6) is -0.226. The number of carbonyl (C=O) groups is 2. The number of carbonyl (C=O) groups excluding carboxylic acids is 2. The number of ether oxygens (including phenoxy) is 1. The molecule has 0 amide bonds. The van der Waals surface area contributed by atoms with Crippen LogP contribution in [0.3, 0.4) is 0 Å². The van der Waals surface area contributed by atoms with Crippen LogP contribution in [0.25, 0.3) is 0 Å². The van der Waals surface area contributed by atoms with E-state index in [2.05, 4.69) is 9.84 Å². The van der Waals surface area contributed by atoms with Gasteiger partial charge in [-0.3, -0.25) is 14.3 Å². The molecule has 0 aromatic carbocycles. The molecule has 0 fully saturated rings. The topological polar surface area (TPSA) is 61.2 Å². The van der Waals surface area contributed by atoms with E-state index >= 15 is 0 Å². The van der Waals surface area contributed by atoms with Crippen molar-refractivity contribution in [3.8, 4) is 0 Å². The highest BCUT2D eigenvalue weighted by Gasteiger charge is 2.04. The lowest BCUT2D eigenvalue weighted by Crippen LogP contribution is -2.06. The summed E-state index contributed by atoms with van der Waals surface area (Å²) in [7, 11) is 1.37. The van der Waals surface area contributed by atoms with Crippen molar-refractivity contribution in [1.82, 2.24) is 9.78 Å². The Bertz CT molecular complexity index is 358. The van der Waals surface area contributed by atoms with Crippen LogP contribution in [0.5, 0.6) is 0 Å². The summed E-state index contributed by atoms with van der Waals surface area (Å²) < 4.78 is 6.23. The number of hydrogen-bond acceptors (Lipinski definition) is 4. The second-order valence-corrected chi connectivity index (χ2v) is 3.23. The number of aromatic nitrogens is 2. The van der Waals surface area contributed by atoms with Gasteiger partial charge >= 0.3 is 5.97 Å². The average Bonchev–Trinajstić information content (AvgIpc) is 2.59. The lowest BCUT2D eigenvalue weighted by atomic mass is 10.3. The van der Waals surface area contributed by atoms with Gasteiger partial charge in [0.15, 0.2) is 6.29 Å². The molecule has 15 heavy (non-hydrogen) atoms. The van der Waals surface area contributed by atoms with Crippen molar-refractivity contribution in [3.05, 3.63) is 17.5 Å². The Morgan fingerprint density at radius 2 is 2.40 bits per heavy atom. The van der Waals surface area contributed by atoms with Crippen LogP contribution in [0.2, 0.25) is 0 Å². The van der Waals surface area contributed by atoms with Gasteiger partial charge in [0.1, 0.15) is 5.69 Å². The van der Waals surface area contributed by atoms with Crippen LogP contribution in [0.4, 0.5) is 0 Å². The van der Waals surface area contributed by atoms with E-state index < -0.39 is 0 Å². The SMILES string of the molecule is COC(=O)CCCn1nc(C=O)cc1C. The number of aryl methyl sites for hydroxylation is 2. The summed E-state index contributed by atoms with van der Waals surface area (Å²) in [6.45, 7) is 2.49. The molecule has 5 heteroatoms. The summed E-state index contributed by atoms with van der Waals surface area (Å²) in [4.78, 5) is 21.3. The summed E-state index contributed by atoms with van der Waals surface area (Å²) >= 11 is 0. The molecule has 0 N–H and O–H groups in total. The van der Waals surface area contributed by atoms with Crippen molar-refractivity contribution in [2.24, 2.45) is 0 Å². The number of rotatable bonds is 5. The van der Waals surface area contributed by atoms with E-state index in [-0.39, 0.29) is 5.97 Å². The zero-order valence-electron chi connectivity index (χ0n) is 8.90. The molecule has 0 unspecified atom stereocenters. The van der Waals surface area contributed by atoms with Gasteiger partial charge in [0.05, 0.1) is 7.11 Å². The number of esters is 1. The zero-order chi connectivity index (χ0) is 11.3. The first-order valence-corrected chi connectivity index (χ1v) is 4.74. The molecule has 1 heterocycles. The second-order valence-electron chi connectivity index (χ2n) is 3.23. The molecule has 5 nitrogen and oxygen atoms in total. The smallest absolute Gasteiger partial charge is 0.305 e. The van der Waals surface area contributed by atoms with Gasteiger partial charge in [-0.05, 0) is 19.4 Å². The van der Waals surface area contributed by atoms with Crippen LogP contribution in [-0.2, 0) is 16.1 Å². The number of methoxy groups -OCH3 is 1. The third-order valence-corrected chi connectivity index (χ3v) is 2.10. The standard InChI is InChI=1S/C10H14N2O3/c1-8-6-9(7-13)11-12(8)5-3-4-10(14)15-2/h6-7H,3-5H2,1-2H3. The summed E-state index contributed by atoms with van der Waals surface area (Å²) in [5.41, 5.74) is 1.34. The minimum atomic E-state index is -0.226. The van der Waals surface area contributed by atoms with E-state index in [4.69, 9.17) is 0 Å². The molecule has 82 valence electrons. The summed E-state index contributed by atoms with van der Waals surface area (Å²) in [6.07, 6.45) is 1.74. The fraction of sp³-hybridized carbons (Fsp3) is 0.500.